The van der Waals surface area contributed by atoms with Gasteiger partial charge in [-0.2, -0.15) is 5.10 Å². The topological polar surface area (TPSA) is 90.7 Å². The Balaban J connectivity index is 1.47. The molecule has 0 saturated heterocycles. The van der Waals surface area contributed by atoms with Crippen LogP contribution in [0, 0.1) is 0 Å². The summed E-state index contributed by atoms with van der Waals surface area (Å²) in [5.74, 6) is -0.287. The van der Waals surface area contributed by atoms with Gasteiger partial charge in [-0.3, -0.25) is 14.3 Å². The molecule has 0 saturated carbocycles. The number of dihydropyridines is 1. The molecular formula is C25H27Cl2N5O3. The van der Waals surface area contributed by atoms with E-state index in [0.717, 1.165) is 16.8 Å². The highest BCUT2D eigenvalue weighted by Crippen LogP contribution is 2.34. The molecule has 4 atom stereocenters. The van der Waals surface area contributed by atoms with Gasteiger partial charge in [-0.25, -0.2) is 0 Å². The molecule has 0 bridgehead atoms. The van der Waals surface area contributed by atoms with Crippen LogP contribution in [0.15, 0.2) is 42.1 Å². The van der Waals surface area contributed by atoms with E-state index in [1.807, 2.05) is 36.4 Å². The molecule has 0 radical (unpaired) electrons. The van der Waals surface area contributed by atoms with Gasteiger partial charge in [-0.05, 0) is 62.9 Å². The van der Waals surface area contributed by atoms with Gasteiger partial charge >= 0.3 is 0 Å². The van der Waals surface area contributed by atoms with Crippen molar-refractivity contribution in [2.24, 2.45) is 0 Å². The fraction of sp³-hybridized carbons (Fsp3) is 0.400. The van der Waals surface area contributed by atoms with Crippen LogP contribution >= 0.6 is 23.2 Å². The summed E-state index contributed by atoms with van der Waals surface area (Å²) < 4.78 is 1.82. The lowest BCUT2D eigenvalue weighted by atomic mass is 9.96. The second-order valence-electron chi connectivity index (χ2n) is 9.43. The number of benzene rings is 1. The number of aromatic nitrogens is 2. The Labute approximate surface area is 213 Å². The highest BCUT2D eigenvalue weighted by molar-refractivity contribution is 6.42. The van der Waals surface area contributed by atoms with Gasteiger partial charge in [-0.1, -0.05) is 23.2 Å². The molecule has 2 unspecified atom stereocenters. The summed E-state index contributed by atoms with van der Waals surface area (Å²) in [5.41, 5.74) is 3.50. The number of halogens is 2. The molecule has 35 heavy (non-hydrogen) atoms. The third-order valence-electron chi connectivity index (χ3n) is 7.05. The average molecular weight is 516 g/mol. The third-order valence-corrected chi connectivity index (χ3v) is 7.79. The quantitative estimate of drug-likeness (QED) is 0.652. The van der Waals surface area contributed by atoms with Crippen LogP contribution in [-0.2, 0) is 13.0 Å². The van der Waals surface area contributed by atoms with Crippen LogP contribution in [0.4, 0.5) is 0 Å². The van der Waals surface area contributed by atoms with Gasteiger partial charge in [0.15, 0.2) is 0 Å². The number of fused-ring (bicyclic) bond motifs is 3. The van der Waals surface area contributed by atoms with Crippen molar-refractivity contribution in [2.45, 2.75) is 58.1 Å². The van der Waals surface area contributed by atoms with Crippen LogP contribution in [-0.4, -0.2) is 61.4 Å². The molecule has 8 nitrogen and oxygen atoms in total. The van der Waals surface area contributed by atoms with Crippen LogP contribution in [0.25, 0.3) is 0 Å². The lowest BCUT2D eigenvalue weighted by molar-refractivity contribution is 0.0601. The fourth-order valence-electron chi connectivity index (χ4n) is 5.08. The number of nitrogens with zero attached hydrogens (tertiary/aromatic N) is 4. The summed E-state index contributed by atoms with van der Waals surface area (Å²) in [6.45, 7) is 6.77. The molecular weight excluding hydrogens is 489 g/mol. The second kappa shape index (κ2) is 9.00. The number of nitrogens with one attached hydrogen (secondary N) is 1. The Kier molecular flexibility index (Phi) is 6.15. The first-order valence-corrected chi connectivity index (χ1v) is 12.4. The predicted octanol–water partition coefficient (Wildman–Crippen LogP) is 3.54. The molecule has 2 N–H and O–H groups in total. The fourth-order valence-corrected chi connectivity index (χ4v) is 5.38. The van der Waals surface area contributed by atoms with Crippen LogP contribution in [0.1, 0.15) is 58.9 Å². The third kappa shape index (κ3) is 4.13. The van der Waals surface area contributed by atoms with E-state index in [4.69, 9.17) is 28.3 Å². The van der Waals surface area contributed by atoms with Crippen molar-refractivity contribution in [1.29, 1.82) is 0 Å². The molecule has 5 rings (SSSR count). The minimum absolute atomic E-state index is 0.0264. The Morgan fingerprint density at radius 1 is 1.23 bits per heavy atom. The molecule has 2 amide bonds. The minimum Gasteiger partial charge on any atom is -0.370 e. The molecule has 0 spiro atoms. The standard InChI is InChI=1S/C25H27Cl2N5O3/c1-13-8-21-18(12-30(13)24(34)17-4-5-19(26)20(27)9-17)23-25(35)31(11-14(2)32(23)29-21)15(3)16-6-7-28-22(33)10-16/h4-7,9-10,13-15,22,28,33H,8,11-12H2,1-3H3/t13-,14-,15?,22?/m1/s1. The molecule has 0 fully saturated rings. The van der Waals surface area contributed by atoms with Crippen LogP contribution < -0.4 is 5.32 Å². The number of rotatable bonds is 3. The molecule has 3 aliphatic rings. The Morgan fingerprint density at radius 2 is 2.00 bits per heavy atom. The number of hydrogen-bond acceptors (Lipinski definition) is 5. The number of carbonyl (C=O) groups is 2. The van der Waals surface area contributed by atoms with Crippen molar-refractivity contribution in [3.8, 4) is 0 Å². The van der Waals surface area contributed by atoms with Gasteiger partial charge in [-0.15, -0.1) is 0 Å². The zero-order valence-electron chi connectivity index (χ0n) is 19.7. The molecule has 1 aromatic carbocycles. The summed E-state index contributed by atoms with van der Waals surface area (Å²) in [4.78, 5) is 30.7. The number of hydrogen-bond donors (Lipinski definition) is 2. The smallest absolute Gasteiger partial charge is 0.273 e. The van der Waals surface area contributed by atoms with Crippen LogP contribution in [0.5, 0.6) is 0 Å². The van der Waals surface area contributed by atoms with E-state index >= 15 is 0 Å². The Hall–Kier alpha value is -2.81. The number of carbonyl (C=O) groups excluding carboxylic acids is 2. The van der Waals surface area contributed by atoms with Crippen molar-refractivity contribution in [3.63, 3.8) is 0 Å². The van der Waals surface area contributed by atoms with Gasteiger partial charge in [0.1, 0.15) is 11.9 Å². The Morgan fingerprint density at radius 3 is 2.71 bits per heavy atom. The lowest BCUT2D eigenvalue weighted by Gasteiger charge is -2.38. The first-order valence-electron chi connectivity index (χ1n) is 11.6. The monoisotopic (exact) mass is 515 g/mol. The average Bonchev–Trinajstić information content (AvgIpc) is 3.20. The molecule has 1 aromatic heterocycles. The summed E-state index contributed by atoms with van der Waals surface area (Å²) in [7, 11) is 0. The maximum Gasteiger partial charge on any atom is 0.273 e. The summed E-state index contributed by atoms with van der Waals surface area (Å²) >= 11 is 12.2. The van der Waals surface area contributed by atoms with E-state index in [-0.39, 0.29) is 36.5 Å². The van der Waals surface area contributed by atoms with E-state index in [1.54, 1.807) is 35.4 Å². The van der Waals surface area contributed by atoms with Crippen molar-refractivity contribution in [2.75, 3.05) is 6.54 Å². The van der Waals surface area contributed by atoms with Gasteiger partial charge in [0.2, 0.25) is 0 Å². The lowest BCUT2D eigenvalue weighted by Crippen LogP contribution is -2.49. The van der Waals surface area contributed by atoms with E-state index in [2.05, 4.69) is 5.32 Å². The first kappa shape index (κ1) is 23.9. The maximum absolute atomic E-state index is 13.8. The largest absolute Gasteiger partial charge is 0.370 e. The van der Waals surface area contributed by atoms with E-state index in [1.165, 1.54) is 0 Å². The van der Waals surface area contributed by atoms with E-state index in [0.29, 0.717) is 34.3 Å². The highest BCUT2D eigenvalue weighted by Gasteiger charge is 2.40. The normalized spacial score (nSPS) is 24.5. The maximum atomic E-state index is 13.8. The predicted molar refractivity (Wildman–Crippen MR) is 133 cm³/mol. The van der Waals surface area contributed by atoms with E-state index in [9.17, 15) is 14.7 Å². The number of aliphatic hydroxyl groups excluding tert-OH is 1. The highest BCUT2D eigenvalue weighted by atomic mass is 35.5. The molecule has 184 valence electrons. The van der Waals surface area contributed by atoms with Crippen LogP contribution in [0.3, 0.4) is 0 Å². The molecule has 10 heteroatoms. The van der Waals surface area contributed by atoms with Gasteiger partial charge in [0, 0.05) is 30.1 Å². The second-order valence-corrected chi connectivity index (χ2v) is 10.2. The Bertz CT molecular complexity index is 1270. The van der Waals surface area contributed by atoms with Crippen molar-refractivity contribution >= 4 is 35.0 Å². The van der Waals surface area contributed by atoms with Crippen molar-refractivity contribution in [3.05, 3.63) is 74.7 Å². The molecule has 0 aliphatic carbocycles. The van der Waals surface area contributed by atoms with Crippen molar-refractivity contribution in [1.82, 2.24) is 24.9 Å². The first-order chi connectivity index (χ1) is 16.7. The van der Waals surface area contributed by atoms with Crippen LogP contribution in [0.2, 0.25) is 10.0 Å². The number of amides is 2. The summed E-state index contributed by atoms with van der Waals surface area (Å²) in [6.07, 6.45) is 5.05. The van der Waals surface area contributed by atoms with Gasteiger partial charge in [0.05, 0.1) is 34.4 Å². The minimum atomic E-state index is -0.782. The number of aliphatic hydroxyl groups is 1. The zero-order chi connectivity index (χ0) is 25.0. The summed E-state index contributed by atoms with van der Waals surface area (Å²) in [6, 6.07) is 4.51. The summed E-state index contributed by atoms with van der Waals surface area (Å²) in [5, 5.41) is 18.3. The molecule has 3 aliphatic heterocycles. The molecule has 2 aromatic rings. The van der Waals surface area contributed by atoms with Gasteiger partial charge in [0.25, 0.3) is 11.8 Å². The van der Waals surface area contributed by atoms with Crippen molar-refractivity contribution < 1.29 is 14.7 Å². The zero-order valence-corrected chi connectivity index (χ0v) is 21.2. The van der Waals surface area contributed by atoms with Gasteiger partial charge < -0.3 is 20.2 Å². The van der Waals surface area contributed by atoms with E-state index < -0.39 is 6.23 Å². The molecule has 4 heterocycles. The SMILES string of the molecule is CC(C1=CC(O)NC=C1)N1C[C@@H](C)n2nc3c(c2C1=O)CN(C(=O)c1ccc(Cl)c(Cl)c1)[C@H](C)C3.